The number of hydrogen-bond donors (Lipinski definition) is 0. The van der Waals surface area contributed by atoms with E-state index in [1.807, 2.05) is 0 Å². The van der Waals surface area contributed by atoms with E-state index in [0.29, 0.717) is 5.92 Å². The molecule has 1 aromatic carbocycles. The van der Waals surface area contributed by atoms with Gasteiger partial charge in [-0.1, -0.05) is 54.6 Å². The van der Waals surface area contributed by atoms with Crippen LogP contribution in [0, 0.1) is 5.92 Å². The maximum atomic E-state index is 2.27. The van der Waals surface area contributed by atoms with Gasteiger partial charge in [0.2, 0.25) is 0 Å². The molecule has 4 rings (SSSR count). The second kappa shape index (κ2) is 2.40. The van der Waals surface area contributed by atoms with Gasteiger partial charge in [-0.15, -0.1) is 0 Å². The molecule has 0 heterocycles. The average molecular weight is 190 g/mol. The lowest BCUT2D eigenvalue weighted by Gasteiger charge is -2.14. The van der Waals surface area contributed by atoms with E-state index in [1.165, 1.54) is 27.8 Å². The summed E-state index contributed by atoms with van der Waals surface area (Å²) in [5.74, 6) is 0.535. The summed E-state index contributed by atoms with van der Waals surface area (Å²) in [4.78, 5) is 0. The summed E-state index contributed by atoms with van der Waals surface area (Å²) in [7, 11) is 0. The second-order valence-corrected chi connectivity index (χ2v) is 4.25. The number of allylic oxidation sites excluding steroid dienone is 8. The third kappa shape index (κ3) is 0.782. The summed E-state index contributed by atoms with van der Waals surface area (Å²) in [5, 5.41) is 0. The highest BCUT2D eigenvalue weighted by molar-refractivity contribution is 6.00. The molecule has 0 aliphatic heterocycles. The van der Waals surface area contributed by atoms with Crippen LogP contribution in [0.1, 0.15) is 11.1 Å². The average Bonchev–Trinajstić information content (AvgIpc) is 2.85. The summed E-state index contributed by atoms with van der Waals surface area (Å²) in [5.41, 5.74) is 7.24. The first-order chi connectivity index (χ1) is 7.45. The van der Waals surface area contributed by atoms with Crippen molar-refractivity contribution >= 4 is 11.1 Å². The molecule has 0 saturated heterocycles. The Morgan fingerprint density at radius 3 is 2.33 bits per heavy atom. The van der Waals surface area contributed by atoms with Gasteiger partial charge in [0.25, 0.3) is 0 Å². The van der Waals surface area contributed by atoms with Crippen LogP contribution in [0.4, 0.5) is 0 Å². The van der Waals surface area contributed by atoms with E-state index in [1.54, 1.807) is 0 Å². The molecular formula is C15H10. The first-order valence-electron chi connectivity index (χ1n) is 5.35. The fourth-order valence-electron chi connectivity index (χ4n) is 2.89. The zero-order valence-corrected chi connectivity index (χ0v) is 8.27. The summed E-state index contributed by atoms with van der Waals surface area (Å²) in [6.07, 6.45) is 11.2. The van der Waals surface area contributed by atoms with Crippen molar-refractivity contribution in [3.05, 3.63) is 71.3 Å². The van der Waals surface area contributed by atoms with Crippen LogP contribution in [0.3, 0.4) is 0 Å². The van der Waals surface area contributed by atoms with E-state index < -0.39 is 0 Å². The van der Waals surface area contributed by atoms with Gasteiger partial charge in [-0.2, -0.15) is 0 Å². The van der Waals surface area contributed by atoms with E-state index in [4.69, 9.17) is 0 Å². The molecule has 0 spiro atoms. The van der Waals surface area contributed by atoms with E-state index in [0.717, 1.165) is 0 Å². The van der Waals surface area contributed by atoms with Crippen LogP contribution in [-0.4, -0.2) is 0 Å². The number of hydrogen-bond acceptors (Lipinski definition) is 0. The molecule has 0 fully saturated rings. The molecule has 0 heteroatoms. The standard InChI is InChI=1S/C15H10/c1-2-6-12-11(5-1)13-7-3-4-10-8-9-14(12)15(10)13/h1-9,15H/t15-/m1/s1. The quantitative estimate of drug-likeness (QED) is 0.586. The number of fused-ring (bicyclic) bond motifs is 3. The molecule has 3 aliphatic carbocycles. The van der Waals surface area contributed by atoms with Crippen LogP contribution in [0.2, 0.25) is 0 Å². The van der Waals surface area contributed by atoms with Crippen LogP contribution >= 0.6 is 0 Å². The van der Waals surface area contributed by atoms with Crippen LogP contribution in [0.5, 0.6) is 0 Å². The molecular weight excluding hydrogens is 180 g/mol. The summed E-state index contributed by atoms with van der Waals surface area (Å²) < 4.78 is 0. The lowest BCUT2D eigenvalue weighted by Crippen LogP contribution is -1.99. The normalized spacial score (nSPS) is 24.3. The van der Waals surface area contributed by atoms with Gasteiger partial charge in [0, 0.05) is 5.92 Å². The van der Waals surface area contributed by atoms with Gasteiger partial charge < -0.3 is 0 Å². The SMILES string of the molecule is C1=CC2=CC=C3c4ccccc4C(=C1)[C@@H]23. The maximum absolute atomic E-state index is 2.27. The third-order valence-corrected chi connectivity index (χ3v) is 3.52. The highest BCUT2D eigenvalue weighted by atomic mass is 14.4. The molecule has 0 N–H and O–H groups in total. The topological polar surface area (TPSA) is 0 Å². The fourth-order valence-corrected chi connectivity index (χ4v) is 2.89. The summed E-state index contributed by atoms with van der Waals surface area (Å²) >= 11 is 0. The molecule has 0 unspecified atom stereocenters. The number of rotatable bonds is 0. The van der Waals surface area contributed by atoms with E-state index in [2.05, 4.69) is 54.6 Å². The molecule has 0 bridgehead atoms. The van der Waals surface area contributed by atoms with Crippen LogP contribution in [0.15, 0.2) is 60.2 Å². The van der Waals surface area contributed by atoms with E-state index >= 15 is 0 Å². The Kier molecular flexibility index (Phi) is 1.20. The van der Waals surface area contributed by atoms with Gasteiger partial charge in [0.05, 0.1) is 0 Å². The maximum Gasteiger partial charge on any atom is 0.0352 e. The van der Waals surface area contributed by atoms with Gasteiger partial charge in [-0.25, -0.2) is 0 Å². The molecule has 3 aliphatic rings. The van der Waals surface area contributed by atoms with Crippen LogP contribution in [-0.2, 0) is 0 Å². The van der Waals surface area contributed by atoms with Gasteiger partial charge >= 0.3 is 0 Å². The van der Waals surface area contributed by atoms with Crippen molar-refractivity contribution in [1.29, 1.82) is 0 Å². The van der Waals surface area contributed by atoms with E-state index in [-0.39, 0.29) is 0 Å². The second-order valence-electron chi connectivity index (χ2n) is 4.25. The Morgan fingerprint density at radius 1 is 0.800 bits per heavy atom. The first kappa shape index (κ1) is 7.47. The smallest absolute Gasteiger partial charge is 0.0352 e. The Hall–Kier alpha value is -1.82. The Labute approximate surface area is 88.9 Å². The minimum absolute atomic E-state index is 0.535. The highest BCUT2D eigenvalue weighted by Crippen LogP contribution is 2.52. The molecule has 1 aromatic rings. The molecule has 0 saturated carbocycles. The molecule has 1 atom stereocenters. The molecule has 0 amide bonds. The molecule has 0 aromatic heterocycles. The lowest BCUT2D eigenvalue weighted by molar-refractivity contribution is 1.10. The van der Waals surface area contributed by atoms with E-state index in [9.17, 15) is 0 Å². The van der Waals surface area contributed by atoms with Gasteiger partial charge in [-0.05, 0) is 27.8 Å². The Bertz CT molecular complexity index is 580. The van der Waals surface area contributed by atoms with Crippen molar-refractivity contribution < 1.29 is 0 Å². The van der Waals surface area contributed by atoms with Crippen molar-refractivity contribution in [3.63, 3.8) is 0 Å². The molecule has 70 valence electrons. The predicted molar refractivity (Wildman–Crippen MR) is 63.1 cm³/mol. The Morgan fingerprint density at radius 2 is 1.53 bits per heavy atom. The lowest BCUT2D eigenvalue weighted by atomic mass is 9.88. The molecule has 15 heavy (non-hydrogen) atoms. The van der Waals surface area contributed by atoms with Gasteiger partial charge in [-0.3, -0.25) is 0 Å². The minimum atomic E-state index is 0.535. The van der Waals surface area contributed by atoms with Gasteiger partial charge in [0.15, 0.2) is 0 Å². The van der Waals surface area contributed by atoms with Crippen molar-refractivity contribution in [1.82, 2.24) is 0 Å². The predicted octanol–water partition coefficient (Wildman–Crippen LogP) is 3.59. The minimum Gasteiger partial charge on any atom is -0.0616 e. The number of benzene rings is 1. The first-order valence-corrected chi connectivity index (χ1v) is 5.35. The third-order valence-electron chi connectivity index (χ3n) is 3.52. The largest absolute Gasteiger partial charge is 0.0616 e. The summed E-state index contributed by atoms with van der Waals surface area (Å²) in [6, 6.07) is 8.72. The van der Waals surface area contributed by atoms with Crippen molar-refractivity contribution in [2.24, 2.45) is 5.92 Å². The monoisotopic (exact) mass is 190 g/mol. The fraction of sp³-hybridized carbons (Fsp3) is 0.0667. The van der Waals surface area contributed by atoms with Crippen LogP contribution in [0.25, 0.3) is 11.1 Å². The van der Waals surface area contributed by atoms with Gasteiger partial charge in [0.1, 0.15) is 0 Å². The summed E-state index contributed by atoms with van der Waals surface area (Å²) in [6.45, 7) is 0. The van der Waals surface area contributed by atoms with Crippen molar-refractivity contribution in [3.8, 4) is 0 Å². The molecule has 0 radical (unpaired) electrons. The zero-order chi connectivity index (χ0) is 9.83. The van der Waals surface area contributed by atoms with Crippen LogP contribution < -0.4 is 0 Å². The highest BCUT2D eigenvalue weighted by Gasteiger charge is 2.35. The zero-order valence-electron chi connectivity index (χ0n) is 8.27. The van der Waals surface area contributed by atoms with Crippen molar-refractivity contribution in [2.75, 3.05) is 0 Å². The Balaban J connectivity index is 2.10. The molecule has 0 nitrogen and oxygen atoms in total. The van der Waals surface area contributed by atoms with Crippen molar-refractivity contribution in [2.45, 2.75) is 0 Å².